The van der Waals surface area contributed by atoms with Crippen LogP contribution >= 0.6 is 11.6 Å². The van der Waals surface area contributed by atoms with Crippen molar-refractivity contribution in [3.63, 3.8) is 0 Å². The maximum atomic E-state index is 13.5. The van der Waals surface area contributed by atoms with E-state index in [2.05, 4.69) is 5.32 Å². The molecule has 0 radical (unpaired) electrons. The highest BCUT2D eigenvalue weighted by Gasteiger charge is 2.60. The maximum Gasteiger partial charge on any atom is 0.243 e. The Labute approximate surface area is 183 Å². The molecule has 1 aliphatic heterocycles. The lowest BCUT2D eigenvalue weighted by Gasteiger charge is -2.59. The van der Waals surface area contributed by atoms with E-state index in [1.165, 1.54) is 10.7 Å². The summed E-state index contributed by atoms with van der Waals surface area (Å²) >= 11 is 6.89. The lowest BCUT2D eigenvalue weighted by molar-refractivity contribution is -0.138. The van der Waals surface area contributed by atoms with Crippen LogP contribution < -0.4 is 5.32 Å². The SMILES string of the molecule is Cc1ccc(S(=O)(=O)N2CCOCC2)cc1NC(=O)C12CC3CC(CC(Cl)(C3)C1)C2. The van der Waals surface area contributed by atoms with Crippen LogP contribution in [0.5, 0.6) is 0 Å². The van der Waals surface area contributed by atoms with Gasteiger partial charge in [0.1, 0.15) is 0 Å². The van der Waals surface area contributed by atoms with Crippen molar-refractivity contribution in [1.29, 1.82) is 0 Å². The first kappa shape index (κ1) is 20.7. The number of anilines is 1. The molecule has 6 rings (SSSR count). The molecule has 0 aromatic heterocycles. The Hall–Kier alpha value is -1.15. The molecule has 164 valence electrons. The number of morpholine rings is 1. The standard InChI is InChI=1S/C22H29ClN2O4S/c1-15-2-3-18(30(27,28)25-4-6-29-7-5-25)9-19(15)24-20(26)21-10-16-8-17(11-21)13-22(23,12-16)14-21/h2-3,9,16-17H,4-8,10-14H2,1H3,(H,24,26). The summed E-state index contributed by atoms with van der Waals surface area (Å²) in [5.74, 6) is 1.07. The lowest BCUT2D eigenvalue weighted by Crippen LogP contribution is -2.57. The summed E-state index contributed by atoms with van der Waals surface area (Å²) in [5, 5.41) is 3.09. The van der Waals surface area contributed by atoms with Crippen LogP contribution in [0.25, 0.3) is 0 Å². The Bertz CT molecular complexity index is 959. The number of rotatable bonds is 4. The lowest BCUT2D eigenvalue weighted by atomic mass is 9.49. The predicted octanol–water partition coefficient (Wildman–Crippen LogP) is 3.53. The molecular formula is C22H29ClN2O4S. The molecule has 1 aromatic rings. The van der Waals surface area contributed by atoms with Gasteiger partial charge in [-0.2, -0.15) is 4.31 Å². The van der Waals surface area contributed by atoms with Crippen molar-refractivity contribution >= 4 is 33.2 Å². The summed E-state index contributed by atoms with van der Waals surface area (Å²) in [5.41, 5.74) is 1.01. The number of sulfonamides is 1. The number of carbonyl (C=O) groups excluding carboxylic acids is 1. The van der Waals surface area contributed by atoms with Gasteiger partial charge in [-0.05, 0) is 75.0 Å². The van der Waals surface area contributed by atoms with Gasteiger partial charge in [-0.25, -0.2) is 8.42 Å². The van der Waals surface area contributed by atoms with E-state index in [9.17, 15) is 13.2 Å². The molecular weight excluding hydrogens is 424 g/mol. The van der Waals surface area contributed by atoms with E-state index in [-0.39, 0.29) is 15.7 Å². The smallest absolute Gasteiger partial charge is 0.243 e. The quantitative estimate of drug-likeness (QED) is 0.709. The molecule has 4 aliphatic carbocycles. The van der Waals surface area contributed by atoms with Crippen LogP contribution in [-0.2, 0) is 19.6 Å². The monoisotopic (exact) mass is 452 g/mol. The summed E-state index contributed by atoms with van der Waals surface area (Å²) in [7, 11) is -3.61. The Morgan fingerprint density at radius 3 is 2.47 bits per heavy atom. The van der Waals surface area contributed by atoms with E-state index in [1.54, 1.807) is 18.2 Å². The van der Waals surface area contributed by atoms with Gasteiger partial charge in [-0.1, -0.05) is 6.07 Å². The predicted molar refractivity (Wildman–Crippen MR) is 115 cm³/mol. The highest BCUT2D eigenvalue weighted by molar-refractivity contribution is 7.89. The molecule has 1 amide bonds. The van der Waals surface area contributed by atoms with Gasteiger partial charge in [0, 0.05) is 23.7 Å². The van der Waals surface area contributed by atoms with Crippen LogP contribution in [0.4, 0.5) is 5.69 Å². The summed E-state index contributed by atoms with van der Waals surface area (Å²) in [6.45, 7) is 3.39. The number of nitrogens with one attached hydrogen (secondary N) is 1. The van der Waals surface area contributed by atoms with Gasteiger partial charge in [0.15, 0.2) is 0 Å². The molecule has 4 saturated carbocycles. The molecule has 8 heteroatoms. The van der Waals surface area contributed by atoms with Crippen LogP contribution in [-0.4, -0.2) is 49.8 Å². The molecule has 5 aliphatic rings. The molecule has 30 heavy (non-hydrogen) atoms. The number of hydrogen-bond acceptors (Lipinski definition) is 4. The van der Waals surface area contributed by atoms with E-state index in [1.807, 2.05) is 6.92 Å². The Kier molecular flexibility index (Phi) is 4.97. The van der Waals surface area contributed by atoms with E-state index < -0.39 is 15.4 Å². The number of hydrogen-bond donors (Lipinski definition) is 1. The van der Waals surface area contributed by atoms with E-state index in [0.29, 0.717) is 43.8 Å². The van der Waals surface area contributed by atoms with Crippen molar-refractivity contribution < 1.29 is 17.9 Å². The Balaban J connectivity index is 1.40. The summed E-state index contributed by atoms with van der Waals surface area (Å²) in [4.78, 5) is 13.5. The minimum atomic E-state index is -3.61. The topological polar surface area (TPSA) is 75.7 Å². The van der Waals surface area contributed by atoms with Gasteiger partial charge in [0.05, 0.1) is 23.5 Å². The molecule has 5 fully saturated rings. The third-order valence-corrected chi connectivity index (χ3v) is 9.87. The van der Waals surface area contributed by atoms with E-state index in [0.717, 1.165) is 37.7 Å². The van der Waals surface area contributed by atoms with Gasteiger partial charge >= 0.3 is 0 Å². The first-order chi connectivity index (χ1) is 14.2. The van der Waals surface area contributed by atoms with Gasteiger partial charge < -0.3 is 10.1 Å². The number of ether oxygens (including phenoxy) is 1. The number of nitrogens with zero attached hydrogens (tertiary/aromatic N) is 1. The fraction of sp³-hybridized carbons (Fsp3) is 0.682. The summed E-state index contributed by atoms with van der Waals surface area (Å²) < 4.78 is 32.8. The molecule has 1 heterocycles. The minimum Gasteiger partial charge on any atom is -0.379 e. The molecule has 1 saturated heterocycles. The third-order valence-electron chi connectivity index (χ3n) is 7.54. The van der Waals surface area contributed by atoms with Crippen molar-refractivity contribution in [1.82, 2.24) is 4.31 Å². The van der Waals surface area contributed by atoms with Crippen LogP contribution in [0, 0.1) is 24.2 Å². The molecule has 0 spiro atoms. The highest BCUT2D eigenvalue weighted by atomic mass is 35.5. The van der Waals surface area contributed by atoms with Gasteiger partial charge in [0.25, 0.3) is 0 Å². The summed E-state index contributed by atoms with van der Waals surface area (Å²) in [6.07, 6.45) is 5.75. The Morgan fingerprint density at radius 2 is 1.83 bits per heavy atom. The average Bonchev–Trinajstić information content (AvgIpc) is 2.68. The van der Waals surface area contributed by atoms with Crippen molar-refractivity contribution in [2.45, 2.75) is 55.2 Å². The first-order valence-corrected chi connectivity index (χ1v) is 12.7. The molecule has 1 aromatic carbocycles. The number of carbonyl (C=O) groups is 1. The highest BCUT2D eigenvalue weighted by Crippen LogP contribution is 2.64. The second-order valence-electron chi connectivity index (χ2n) is 9.84. The van der Waals surface area contributed by atoms with Crippen molar-refractivity contribution in [3.8, 4) is 0 Å². The van der Waals surface area contributed by atoms with Gasteiger partial charge in [-0.3, -0.25) is 4.79 Å². The van der Waals surface area contributed by atoms with Crippen molar-refractivity contribution in [2.75, 3.05) is 31.6 Å². The minimum absolute atomic E-state index is 0.00523. The number of alkyl halides is 1. The zero-order valence-corrected chi connectivity index (χ0v) is 18.9. The normalized spacial score (nSPS) is 36.1. The van der Waals surface area contributed by atoms with Crippen molar-refractivity contribution in [3.05, 3.63) is 23.8 Å². The fourth-order valence-electron chi connectivity index (χ4n) is 6.50. The zero-order chi connectivity index (χ0) is 21.1. The van der Waals surface area contributed by atoms with Crippen LogP contribution in [0.1, 0.15) is 44.1 Å². The molecule has 1 N–H and O–H groups in total. The van der Waals surface area contributed by atoms with Gasteiger partial charge in [-0.15, -0.1) is 11.6 Å². The molecule has 2 atom stereocenters. The van der Waals surface area contributed by atoms with E-state index >= 15 is 0 Å². The van der Waals surface area contributed by atoms with Crippen LogP contribution in [0.2, 0.25) is 0 Å². The second-order valence-corrected chi connectivity index (χ2v) is 12.6. The fourth-order valence-corrected chi connectivity index (χ4v) is 8.63. The Morgan fingerprint density at radius 1 is 1.17 bits per heavy atom. The number of benzene rings is 1. The average molecular weight is 453 g/mol. The largest absolute Gasteiger partial charge is 0.379 e. The van der Waals surface area contributed by atoms with Crippen LogP contribution in [0.15, 0.2) is 23.1 Å². The molecule has 4 bridgehead atoms. The van der Waals surface area contributed by atoms with E-state index in [4.69, 9.17) is 16.3 Å². The zero-order valence-electron chi connectivity index (χ0n) is 17.3. The third kappa shape index (κ3) is 3.48. The number of halogens is 1. The first-order valence-electron chi connectivity index (χ1n) is 10.9. The van der Waals surface area contributed by atoms with Gasteiger partial charge in [0.2, 0.25) is 15.9 Å². The number of amides is 1. The molecule has 2 unspecified atom stereocenters. The molecule has 6 nitrogen and oxygen atoms in total. The maximum absolute atomic E-state index is 13.5. The second kappa shape index (κ2) is 7.19. The summed E-state index contributed by atoms with van der Waals surface area (Å²) in [6, 6.07) is 4.99. The van der Waals surface area contributed by atoms with Crippen LogP contribution in [0.3, 0.4) is 0 Å². The van der Waals surface area contributed by atoms with Crippen molar-refractivity contribution in [2.24, 2.45) is 17.3 Å². The number of aryl methyl sites for hydroxylation is 1.